The van der Waals surface area contributed by atoms with Crippen molar-refractivity contribution in [1.82, 2.24) is 5.32 Å². The topological polar surface area (TPSA) is 75.3 Å². The van der Waals surface area contributed by atoms with Gasteiger partial charge in [0.05, 0.1) is 16.3 Å². The number of nitrogens with one attached hydrogen (secondary N) is 2. The lowest BCUT2D eigenvalue weighted by atomic mass is 10.2. The Morgan fingerprint density at radius 3 is 2.33 bits per heavy atom. The lowest BCUT2D eigenvalue weighted by Gasteiger charge is -2.12. The molecule has 2 aromatic rings. The van der Waals surface area contributed by atoms with Crippen LogP contribution in [0.25, 0.3) is 0 Å². The van der Waals surface area contributed by atoms with E-state index in [9.17, 15) is 13.2 Å². The van der Waals surface area contributed by atoms with E-state index in [-0.39, 0.29) is 27.1 Å². The number of anilines is 1. The summed E-state index contributed by atoms with van der Waals surface area (Å²) >= 11 is 5.91. The van der Waals surface area contributed by atoms with E-state index >= 15 is 0 Å². The number of rotatable bonds is 4. The minimum Gasteiger partial charge on any atom is -0.355 e. The summed E-state index contributed by atoms with van der Waals surface area (Å²) in [5.74, 6) is -0.382. The molecule has 2 N–H and O–H groups in total. The highest BCUT2D eigenvalue weighted by atomic mass is 35.5. The van der Waals surface area contributed by atoms with E-state index in [2.05, 4.69) is 10.0 Å². The molecule has 0 heterocycles. The first-order valence-corrected chi connectivity index (χ1v) is 7.90. The quantitative estimate of drug-likeness (QED) is 0.907. The first-order chi connectivity index (χ1) is 9.95. The molecule has 21 heavy (non-hydrogen) atoms. The minimum atomic E-state index is -3.87. The number of para-hydroxylation sites is 1. The molecular formula is C14H13ClN2O3S. The van der Waals surface area contributed by atoms with Gasteiger partial charge in [0, 0.05) is 7.05 Å². The molecule has 0 radical (unpaired) electrons. The lowest BCUT2D eigenvalue weighted by molar-refractivity contribution is 0.0964. The molecule has 0 aliphatic carbocycles. The Bertz CT molecular complexity index is 775. The summed E-state index contributed by atoms with van der Waals surface area (Å²) in [6.07, 6.45) is 0. The number of benzene rings is 2. The molecule has 0 aliphatic rings. The average Bonchev–Trinajstić information content (AvgIpc) is 2.47. The van der Waals surface area contributed by atoms with Gasteiger partial charge in [0.1, 0.15) is 4.90 Å². The molecule has 0 bridgehead atoms. The molecule has 1 amide bonds. The zero-order valence-electron chi connectivity index (χ0n) is 11.1. The van der Waals surface area contributed by atoms with Crippen LogP contribution >= 0.6 is 11.6 Å². The largest absolute Gasteiger partial charge is 0.355 e. The molecule has 0 fully saturated rings. The molecule has 110 valence electrons. The maximum atomic E-state index is 12.4. The fourth-order valence-electron chi connectivity index (χ4n) is 1.77. The van der Waals surface area contributed by atoms with Crippen LogP contribution in [0.1, 0.15) is 10.4 Å². The van der Waals surface area contributed by atoms with Crippen molar-refractivity contribution in [2.24, 2.45) is 0 Å². The molecule has 2 rings (SSSR count). The molecule has 0 aromatic heterocycles. The van der Waals surface area contributed by atoms with Crippen molar-refractivity contribution in [2.45, 2.75) is 4.90 Å². The molecule has 0 spiro atoms. The number of carbonyl (C=O) groups is 1. The van der Waals surface area contributed by atoms with Crippen molar-refractivity contribution in [3.05, 3.63) is 59.1 Å². The van der Waals surface area contributed by atoms with Crippen LogP contribution < -0.4 is 10.0 Å². The maximum absolute atomic E-state index is 12.4. The summed E-state index contributed by atoms with van der Waals surface area (Å²) in [4.78, 5) is 11.7. The number of hydrogen-bond donors (Lipinski definition) is 2. The molecule has 0 saturated carbocycles. The van der Waals surface area contributed by atoms with Crippen LogP contribution in [0.4, 0.5) is 5.69 Å². The number of halogens is 1. The molecule has 5 nitrogen and oxygen atoms in total. The molecule has 0 atom stereocenters. The van der Waals surface area contributed by atoms with Crippen LogP contribution in [0.2, 0.25) is 5.02 Å². The summed E-state index contributed by atoms with van der Waals surface area (Å²) < 4.78 is 27.1. The second-order valence-corrected chi connectivity index (χ2v) is 6.22. The number of amides is 1. The standard InChI is InChI=1S/C14H13ClN2O3S/c1-16-14(18)10-6-2-4-8-12(10)17-21(19,20)13-9-5-3-7-11(13)15/h2-9,17H,1H3,(H,16,18). The van der Waals surface area contributed by atoms with Gasteiger partial charge in [0.25, 0.3) is 15.9 Å². The third-order valence-corrected chi connectivity index (χ3v) is 4.63. The zero-order valence-corrected chi connectivity index (χ0v) is 12.7. The van der Waals surface area contributed by atoms with Gasteiger partial charge in [-0.3, -0.25) is 9.52 Å². The summed E-state index contributed by atoms with van der Waals surface area (Å²) in [7, 11) is -2.40. The molecule has 2 aromatic carbocycles. The van der Waals surface area contributed by atoms with E-state index in [0.29, 0.717) is 0 Å². The fourth-order valence-corrected chi connectivity index (χ4v) is 3.37. The Labute approximate surface area is 128 Å². The first-order valence-electron chi connectivity index (χ1n) is 6.04. The predicted molar refractivity (Wildman–Crippen MR) is 82.1 cm³/mol. The third-order valence-electron chi connectivity index (χ3n) is 2.77. The van der Waals surface area contributed by atoms with Crippen LogP contribution in [0, 0.1) is 0 Å². The van der Waals surface area contributed by atoms with E-state index in [1.807, 2.05) is 0 Å². The zero-order chi connectivity index (χ0) is 15.5. The second-order valence-electron chi connectivity index (χ2n) is 4.16. The van der Waals surface area contributed by atoms with Gasteiger partial charge in [-0.05, 0) is 24.3 Å². The molecule has 0 aliphatic heterocycles. The Balaban J connectivity index is 2.43. The Morgan fingerprint density at radius 1 is 1.05 bits per heavy atom. The van der Waals surface area contributed by atoms with Crippen LogP contribution in [0.5, 0.6) is 0 Å². The van der Waals surface area contributed by atoms with Gasteiger partial charge in [-0.2, -0.15) is 0 Å². The van der Waals surface area contributed by atoms with Crippen LogP contribution in [-0.2, 0) is 10.0 Å². The smallest absolute Gasteiger partial charge is 0.263 e. The third kappa shape index (κ3) is 3.34. The van der Waals surface area contributed by atoms with E-state index in [0.717, 1.165) is 0 Å². The minimum absolute atomic E-state index is 0.0432. The van der Waals surface area contributed by atoms with Gasteiger partial charge in [0.2, 0.25) is 0 Å². The highest BCUT2D eigenvalue weighted by Crippen LogP contribution is 2.24. The number of carbonyl (C=O) groups excluding carboxylic acids is 1. The fraction of sp³-hybridized carbons (Fsp3) is 0.0714. The second kappa shape index (κ2) is 6.15. The van der Waals surface area contributed by atoms with Crippen LogP contribution in [0.3, 0.4) is 0 Å². The molecular weight excluding hydrogens is 312 g/mol. The van der Waals surface area contributed by atoms with E-state index in [1.54, 1.807) is 24.3 Å². The van der Waals surface area contributed by atoms with Gasteiger partial charge in [0.15, 0.2) is 0 Å². The predicted octanol–water partition coefficient (Wildman–Crippen LogP) is 2.50. The van der Waals surface area contributed by atoms with Crippen molar-refractivity contribution in [2.75, 3.05) is 11.8 Å². The number of sulfonamides is 1. The first kappa shape index (κ1) is 15.3. The van der Waals surface area contributed by atoms with Crippen molar-refractivity contribution in [1.29, 1.82) is 0 Å². The maximum Gasteiger partial charge on any atom is 0.263 e. The van der Waals surface area contributed by atoms with E-state index in [4.69, 9.17) is 11.6 Å². The van der Waals surface area contributed by atoms with Crippen molar-refractivity contribution in [3.63, 3.8) is 0 Å². The highest BCUT2D eigenvalue weighted by molar-refractivity contribution is 7.92. The molecule has 0 unspecified atom stereocenters. The monoisotopic (exact) mass is 324 g/mol. The Hall–Kier alpha value is -2.05. The lowest BCUT2D eigenvalue weighted by Crippen LogP contribution is -2.21. The van der Waals surface area contributed by atoms with Crippen LogP contribution in [-0.4, -0.2) is 21.4 Å². The van der Waals surface area contributed by atoms with Gasteiger partial charge in [-0.15, -0.1) is 0 Å². The normalized spacial score (nSPS) is 11.0. The summed E-state index contributed by atoms with van der Waals surface area (Å²) in [6, 6.07) is 12.4. The Morgan fingerprint density at radius 2 is 1.67 bits per heavy atom. The Kier molecular flexibility index (Phi) is 4.50. The van der Waals surface area contributed by atoms with Crippen molar-refractivity contribution in [3.8, 4) is 0 Å². The van der Waals surface area contributed by atoms with E-state index in [1.165, 1.54) is 31.3 Å². The van der Waals surface area contributed by atoms with Gasteiger partial charge < -0.3 is 5.32 Å². The van der Waals surface area contributed by atoms with Crippen molar-refractivity contribution >= 4 is 33.2 Å². The average molecular weight is 325 g/mol. The van der Waals surface area contributed by atoms with E-state index < -0.39 is 10.0 Å². The molecule has 0 saturated heterocycles. The van der Waals surface area contributed by atoms with Crippen molar-refractivity contribution < 1.29 is 13.2 Å². The summed E-state index contributed by atoms with van der Waals surface area (Å²) in [6.45, 7) is 0. The SMILES string of the molecule is CNC(=O)c1ccccc1NS(=O)(=O)c1ccccc1Cl. The summed E-state index contributed by atoms with van der Waals surface area (Å²) in [5.41, 5.74) is 0.424. The van der Waals surface area contributed by atoms with Gasteiger partial charge >= 0.3 is 0 Å². The number of hydrogen-bond acceptors (Lipinski definition) is 3. The van der Waals surface area contributed by atoms with Gasteiger partial charge in [-0.1, -0.05) is 35.9 Å². The summed E-state index contributed by atoms with van der Waals surface area (Å²) in [5, 5.41) is 2.57. The van der Waals surface area contributed by atoms with Gasteiger partial charge in [-0.25, -0.2) is 8.42 Å². The molecule has 7 heteroatoms. The van der Waals surface area contributed by atoms with Crippen LogP contribution in [0.15, 0.2) is 53.4 Å². The highest BCUT2D eigenvalue weighted by Gasteiger charge is 2.20.